The molecule has 0 radical (unpaired) electrons. The fraction of sp³-hybridized carbons (Fsp3) is 0.500. The number of aromatic nitrogens is 8. The molecule has 4 aromatic rings. The summed E-state index contributed by atoms with van der Waals surface area (Å²) >= 11 is 0. The number of nitrogens with two attached hydrogens (primary N) is 2. The minimum atomic E-state index is -5.94. The second-order valence-electron chi connectivity index (χ2n) is 10.4. The predicted octanol–water partition coefficient (Wildman–Crippen LogP) is -2.56. The summed E-state index contributed by atoms with van der Waals surface area (Å²) in [5, 5.41) is 41.8. The van der Waals surface area contributed by atoms with Crippen LogP contribution in [0.1, 0.15) is 12.5 Å². The second kappa shape index (κ2) is 13.2. The summed E-state index contributed by atoms with van der Waals surface area (Å²) < 4.78 is 67.9. The summed E-state index contributed by atoms with van der Waals surface area (Å²) in [5.74, 6) is 0.0316. The van der Waals surface area contributed by atoms with E-state index in [0.717, 1.165) is 12.7 Å². The number of rotatable bonds is 12. The molecule has 49 heavy (non-hydrogen) atoms. The Hall–Kier alpha value is -3.13. The summed E-state index contributed by atoms with van der Waals surface area (Å²) in [5.41, 5.74) is 12.0. The number of nitrogens with zero attached hydrogens (tertiary/aromatic N) is 8. The highest BCUT2D eigenvalue weighted by Gasteiger charge is 2.49. The van der Waals surface area contributed by atoms with Crippen LogP contribution in [0.4, 0.5) is 11.6 Å². The molecule has 0 bridgehead atoms. The van der Waals surface area contributed by atoms with Crippen molar-refractivity contribution in [3.63, 3.8) is 0 Å². The second-order valence-corrected chi connectivity index (χ2v) is 15.1. The molecule has 0 saturated carbocycles. The van der Waals surface area contributed by atoms with Gasteiger partial charge >= 0.3 is 23.5 Å². The molecule has 5 unspecified atom stereocenters. The lowest BCUT2D eigenvalue weighted by Gasteiger charge is -2.21. The number of phosphoric ester groups is 2. The van der Waals surface area contributed by atoms with Crippen molar-refractivity contribution in [2.24, 2.45) is 0 Å². The SMILES string of the molecule is Nc1ncnc2c1ncn2[C@@H]1O[C@H](COP(=O)(O)OP(=O)(O)OP(=O)(O)OC[C@H]2O[C@@H](n3cnc4c(N)ncnc43)[C@@H](O)C2O)[C@H](O)C1O. The van der Waals surface area contributed by atoms with Crippen LogP contribution in [0.5, 0.6) is 0 Å². The maximum atomic E-state index is 12.4. The number of fused-ring (bicyclic) bond motifs is 2. The van der Waals surface area contributed by atoms with Crippen LogP contribution in [0.25, 0.3) is 22.3 Å². The van der Waals surface area contributed by atoms with Crippen LogP contribution in [0, 0.1) is 0 Å². The third kappa shape index (κ3) is 7.22. The third-order valence-corrected chi connectivity index (χ3v) is 11.5. The minimum Gasteiger partial charge on any atom is -0.387 e. The Morgan fingerprint density at radius 1 is 0.633 bits per heavy atom. The summed E-state index contributed by atoms with van der Waals surface area (Å²) in [6.45, 7) is -2.05. The molecule has 0 aromatic carbocycles. The molecule has 11 N–H and O–H groups in total. The molecule has 268 valence electrons. The molecule has 0 spiro atoms. The Morgan fingerprint density at radius 2 is 1.02 bits per heavy atom. The van der Waals surface area contributed by atoms with E-state index in [0.29, 0.717) is 0 Å². The lowest BCUT2D eigenvalue weighted by Crippen LogP contribution is -2.33. The van der Waals surface area contributed by atoms with Crippen molar-refractivity contribution in [1.82, 2.24) is 39.0 Å². The first-order valence-electron chi connectivity index (χ1n) is 13.6. The average Bonchev–Trinajstić information content (AvgIpc) is 3.77. The predicted molar refractivity (Wildman–Crippen MR) is 155 cm³/mol. The van der Waals surface area contributed by atoms with Gasteiger partial charge in [0.05, 0.1) is 25.9 Å². The van der Waals surface area contributed by atoms with Gasteiger partial charge in [-0.05, 0) is 0 Å². The number of imidazole rings is 2. The van der Waals surface area contributed by atoms with Gasteiger partial charge in [-0.15, -0.1) is 0 Å². The highest BCUT2D eigenvalue weighted by molar-refractivity contribution is 7.66. The van der Waals surface area contributed by atoms with E-state index in [1.54, 1.807) is 0 Å². The van der Waals surface area contributed by atoms with Gasteiger partial charge in [0.25, 0.3) is 0 Å². The quantitative estimate of drug-likeness (QED) is 0.0671. The van der Waals surface area contributed by atoms with Crippen LogP contribution in [0.3, 0.4) is 0 Å². The van der Waals surface area contributed by atoms with Crippen LogP contribution in [-0.2, 0) is 40.8 Å². The smallest absolute Gasteiger partial charge is 0.387 e. The van der Waals surface area contributed by atoms with E-state index in [1.165, 1.54) is 21.8 Å². The van der Waals surface area contributed by atoms with E-state index in [9.17, 15) is 48.8 Å². The summed E-state index contributed by atoms with van der Waals surface area (Å²) in [6, 6.07) is 0. The molecular weight excluding hydrogens is 729 g/mol. The van der Waals surface area contributed by atoms with Crippen LogP contribution in [0.2, 0.25) is 0 Å². The van der Waals surface area contributed by atoms with Crippen molar-refractivity contribution in [2.45, 2.75) is 49.1 Å². The Balaban J connectivity index is 1.03. The molecule has 2 aliphatic rings. The van der Waals surface area contributed by atoms with E-state index < -0.39 is 85.8 Å². The Kier molecular flexibility index (Phi) is 9.62. The zero-order valence-corrected chi connectivity index (χ0v) is 26.9. The van der Waals surface area contributed by atoms with Crippen molar-refractivity contribution < 1.29 is 75.9 Å². The largest absolute Gasteiger partial charge is 0.490 e. The van der Waals surface area contributed by atoms with Gasteiger partial charge in [-0.2, -0.15) is 8.62 Å². The van der Waals surface area contributed by atoms with Crippen LogP contribution in [-0.4, -0.2) is 124 Å². The molecule has 6 heterocycles. The van der Waals surface area contributed by atoms with Gasteiger partial charge in [-0.1, -0.05) is 0 Å². The van der Waals surface area contributed by atoms with E-state index in [-0.39, 0.29) is 34.0 Å². The lowest BCUT2D eigenvalue weighted by atomic mass is 10.1. The van der Waals surface area contributed by atoms with E-state index in [1.807, 2.05) is 0 Å². The Labute approximate surface area is 271 Å². The molecule has 0 amide bonds. The van der Waals surface area contributed by atoms with E-state index >= 15 is 0 Å². The molecule has 2 fully saturated rings. The molecule has 26 nitrogen and oxygen atoms in total. The summed E-state index contributed by atoms with van der Waals surface area (Å²) in [4.78, 5) is 53.5. The van der Waals surface area contributed by atoms with Gasteiger partial charge in [0.1, 0.15) is 60.3 Å². The zero-order valence-electron chi connectivity index (χ0n) is 24.2. The number of phosphoric acid groups is 3. The molecular formula is C20H27N10O16P3. The number of nitrogen functional groups attached to an aromatic ring is 2. The van der Waals surface area contributed by atoms with Crippen molar-refractivity contribution in [3.05, 3.63) is 25.3 Å². The average molecular weight is 756 g/mol. The maximum absolute atomic E-state index is 12.4. The number of anilines is 2. The highest BCUT2D eigenvalue weighted by Crippen LogP contribution is 2.67. The molecule has 4 aromatic heterocycles. The Bertz CT molecular complexity index is 1860. The highest BCUT2D eigenvalue weighted by atomic mass is 31.3. The van der Waals surface area contributed by atoms with Gasteiger partial charge in [0.15, 0.2) is 35.4 Å². The fourth-order valence-corrected chi connectivity index (χ4v) is 8.49. The number of aliphatic hydroxyl groups excluding tert-OH is 4. The zero-order chi connectivity index (χ0) is 35.5. The van der Waals surface area contributed by atoms with Crippen molar-refractivity contribution in [2.75, 3.05) is 24.7 Å². The lowest BCUT2D eigenvalue weighted by molar-refractivity contribution is -0.0510. The molecule has 29 heteroatoms. The monoisotopic (exact) mass is 756 g/mol. The third-order valence-electron chi connectivity index (χ3n) is 7.21. The Morgan fingerprint density at radius 3 is 1.41 bits per heavy atom. The fourth-order valence-electron chi connectivity index (χ4n) is 4.96. The van der Waals surface area contributed by atoms with E-state index in [2.05, 4.69) is 47.6 Å². The molecule has 2 saturated heterocycles. The van der Waals surface area contributed by atoms with Gasteiger partial charge in [0.2, 0.25) is 0 Å². The molecule has 11 atom stereocenters. The minimum absolute atomic E-state index is 0.0158. The number of ether oxygens (including phenoxy) is 2. The first kappa shape index (κ1) is 35.7. The normalized spacial score (nSPS) is 31.2. The topological polar surface area (TPSA) is 387 Å². The number of aliphatic hydroxyl groups is 4. The van der Waals surface area contributed by atoms with Crippen molar-refractivity contribution in [1.29, 1.82) is 0 Å². The van der Waals surface area contributed by atoms with Crippen LogP contribution >= 0.6 is 23.5 Å². The standard InChI is InChI=1S/C20H27N10O16P3/c21-15-9-17(25-3-23-15)29(5-27-9)19-13(33)11(31)7(43-19)1-41-47(35,36)45-49(39,40)46-48(37,38)42-2-8-12(32)14(34)20(44-8)30-6-28-10-16(22)24-4-26-18(10)30/h3-8,11-14,19-20,31-34H,1-2H2,(H,35,36)(H,37,38)(H,39,40)(H2,21,23,25)(H2,22,24,26)/t7-,8-,11+,12?,13?,14+,19-,20-/m1/s1. The number of hydrogen-bond donors (Lipinski definition) is 9. The maximum Gasteiger partial charge on any atom is 0.490 e. The van der Waals surface area contributed by atoms with Gasteiger partial charge in [-0.25, -0.2) is 43.6 Å². The summed E-state index contributed by atoms with van der Waals surface area (Å²) in [7, 11) is -17.2. The van der Waals surface area contributed by atoms with Gasteiger partial charge in [0, 0.05) is 0 Å². The summed E-state index contributed by atoms with van der Waals surface area (Å²) in [6.07, 6.45) is -7.97. The molecule has 6 rings (SSSR count). The number of hydrogen-bond acceptors (Lipinski definition) is 21. The molecule has 2 aliphatic heterocycles. The molecule has 0 aliphatic carbocycles. The van der Waals surface area contributed by atoms with Crippen molar-refractivity contribution in [3.8, 4) is 0 Å². The first-order valence-corrected chi connectivity index (χ1v) is 18.0. The van der Waals surface area contributed by atoms with Crippen molar-refractivity contribution >= 4 is 57.4 Å². The van der Waals surface area contributed by atoms with Gasteiger partial charge in [-0.3, -0.25) is 18.2 Å². The first-order chi connectivity index (χ1) is 23.0. The van der Waals surface area contributed by atoms with Gasteiger partial charge < -0.3 is 56.0 Å². The van der Waals surface area contributed by atoms with E-state index in [4.69, 9.17) is 20.9 Å². The van der Waals surface area contributed by atoms with Crippen LogP contribution in [0.15, 0.2) is 25.3 Å². The van der Waals surface area contributed by atoms with Crippen LogP contribution < -0.4 is 11.5 Å².